The Morgan fingerprint density at radius 2 is 2.06 bits per heavy atom. The third kappa shape index (κ3) is 2.98. The van der Waals surface area contributed by atoms with E-state index in [2.05, 4.69) is 5.92 Å². The van der Waals surface area contributed by atoms with Crippen LogP contribution in [0.3, 0.4) is 0 Å². The van der Waals surface area contributed by atoms with E-state index >= 15 is 0 Å². The third-order valence-corrected chi connectivity index (χ3v) is 2.81. The molecule has 0 aromatic carbocycles. The smallest absolute Gasteiger partial charge is 0.394 e. The fraction of sp³-hybridized carbons (Fsp3) is 0.429. The number of alkyl halides is 3. The number of terminal acetylenes is 1. The molecule has 0 saturated heterocycles. The van der Waals surface area contributed by atoms with E-state index in [1.54, 1.807) is 13.0 Å². The van der Waals surface area contributed by atoms with Crippen LogP contribution in [0, 0.1) is 24.7 Å². The lowest BCUT2D eigenvalue weighted by Gasteiger charge is -2.28. The molecule has 0 saturated carbocycles. The monoisotopic (exact) mass is 256 g/mol. The van der Waals surface area contributed by atoms with Gasteiger partial charge < -0.3 is 4.42 Å². The largest absolute Gasteiger partial charge is 0.464 e. The Balaban J connectivity index is 3.09. The van der Waals surface area contributed by atoms with Gasteiger partial charge in [0.05, 0.1) is 11.7 Å². The lowest BCUT2D eigenvalue weighted by Crippen LogP contribution is -2.32. The Labute approximate surface area is 105 Å². The first-order chi connectivity index (χ1) is 8.19. The predicted molar refractivity (Wildman–Crippen MR) is 64.7 cm³/mol. The number of rotatable bonds is 3. The third-order valence-electron chi connectivity index (χ3n) is 2.81. The molecule has 0 N–H and O–H groups in total. The molecule has 0 unspecified atom stereocenters. The second-order valence-electron chi connectivity index (χ2n) is 4.83. The number of allylic oxidation sites excluding steroid dienone is 2. The second-order valence-corrected chi connectivity index (χ2v) is 4.83. The standard InChI is InChI=1S/C14H15F3O/c1-5-6-11(12-10(2)7-8-18-12)9-13(3,4)14(15,16)17/h1,6-8H,9H2,2-4H3/b11-6-. The SMILES string of the molecule is C#C/C=C(/CC(C)(C)C(F)(F)F)c1occc1C. The summed E-state index contributed by atoms with van der Waals surface area (Å²) in [7, 11) is 0. The topological polar surface area (TPSA) is 13.1 Å². The lowest BCUT2D eigenvalue weighted by atomic mass is 9.83. The van der Waals surface area contributed by atoms with Crippen LogP contribution in [0.4, 0.5) is 13.2 Å². The zero-order valence-electron chi connectivity index (χ0n) is 10.6. The predicted octanol–water partition coefficient (Wildman–Crippen LogP) is 4.58. The van der Waals surface area contributed by atoms with Crippen molar-refractivity contribution in [2.24, 2.45) is 5.41 Å². The molecule has 0 amide bonds. The van der Waals surface area contributed by atoms with Gasteiger partial charge in [-0.05, 0) is 31.1 Å². The molecule has 98 valence electrons. The normalized spacial score (nSPS) is 13.5. The molecular formula is C14H15F3O. The molecule has 0 aliphatic rings. The van der Waals surface area contributed by atoms with Crippen LogP contribution < -0.4 is 0 Å². The van der Waals surface area contributed by atoms with Gasteiger partial charge in [-0.15, -0.1) is 6.42 Å². The maximum absolute atomic E-state index is 12.9. The van der Waals surface area contributed by atoms with Gasteiger partial charge in [-0.1, -0.05) is 19.8 Å². The van der Waals surface area contributed by atoms with Crippen LogP contribution in [0.25, 0.3) is 5.57 Å². The number of hydrogen-bond acceptors (Lipinski definition) is 1. The van der Waals surface area contributed by atoms with Crippen molar-refractivity contribution in [2.75, 3.05) is 0 Å². The summed E-state index contributed by atoms with van der Waals surface area (Å²) in [5, 5.41) is 0. The van der Waals surface area contributed by atoms with Crippen LogP contribution in [0.5, 0.6) is 0 Å². The van der Waals surface area contributed by atoms with E-state index in [9.17, 15) is 13.2 Å². The van der Waals surface area contributed by atoms with Crippen molar-refractivity contribution in [3.63, 3.8) is 0 Å². The van der Waals surface area contributed by atoms with Gasteiger partial charge in [0.2, 0.25) is 0 Å². The minimum atomic E-state index is -4.29. The van der Waals surface area contributed by atoms with Gasteiger partial charge in [0.15, 0.2) is 0 Å². The molecule has 1 aromatic rings. The molecule has 18 heavy (non-hydrogen) atoms. The van der Waals surface area contributed by atoms with Crippen LogP contribution in [-0.4, -0.2) is 6.18 Å². The van der Waals surface area contributed by atoms with E-state index in [4.69, 9.17) is 10.8 Å². The summed E-state index contributed by atoms with van der Waals surface area (Å²) >= 11 is 0. The van der Waals surface area contributed by atoms with Crippen molar-refractivity contribution in [1.29, 1.82) is 0 Å². The Kier molecular flexibility index (Phi) is 3.95. The first kappa shape index (κ1) is 14.4. The fourth-order valence-corrected chi connectivity index (χ4v) is 1.58. The minimum Gasteiger partial charge on any atom is -0.464 e. The van der Waals surface area contributed by atoms with E-state index in [0.29, 0.717) is 11.3 Å². The Hall–Kier alpha value is -1.63. The molecule has 0 radical (unpaired) electrons. The van der Waals surface area contributed by atoms with Gasteiger partial charge in [0.25, 0.3) is 0 Å². The first-order valence-electron chi connectivity index (χ1n) is 5.45. The quantitative estimate of drug-likeness (QED) is 0.721. The van der Waals surface area contributed by atoms with E-state index < -0.39 is 11.6 Å². The summed E-state index contributed by atoms with van der Waals surface area (Å²) < 4.78 is 43.8. The highest BCUT2D eigenvalue weighted by atomic mass is 19.4. The van der Waals surface area contributed by atoms with Crippen molar-refractivity contribution in [3.8, 4) is 12.3 Å². The first-order valence-corrected chi connectivity index (χ1v) is 5.45. The van der Waals surface area contributed by atoms with Gasteiger partial charge in [-0.2, -0.15) is 13.2 Å². The van der Waals surface area contributed by atoms with E-state index in [0.717, 1.165) is 19.4 Å². The molecule has 0 bridgehead atoms. The van der Waals surface area contributed by atoms with Gasteiger partial charge in [-0.3, -0.25) is 0 Å². The maximum atomic E-state index is 12.9. The Morgan fingerprint density at radius 3 is 2.44 bits per heavy atom. The van der Waals surface area contributed by atoms with Crippen LogP contribution in [-0.2, 0) is 0 Å². The highest BCUT2D eigenvalue weighted by molar-refractivity contribution is 5.67. The molecule has 1 nitrogen and oxygen atoms in total. The van der Waals surface area contributed by atoms with Crippen molar-refractivity contribution >= 4 is 5.57 Å². The number of aryl methyl sites for hydroxylation is 1. The summed E-state index contributed by atoms with van der Waals surface area (Å²) in [5.74, 6) is 2.69. The molecule has 0 fully saturated rings. The minimum absolute atomic E-state index is 0.213. The van der Waals surface area contributed by atoms with E-state index in [-0.39, 0.29) is 6.42 Å². The molecule has 1 heterocycles. The molecular weight excluding hydrogens is 241 g/mol. The molecule has 0 spiro atoms. The molecule has 0 atom stereocenters. The average Bonchev–Trinajstić information content (AvgIpc) is 2.61. The van der Waals surface area contributed by atoms with Gasteiger partial charge in [-0.25, -0.2) is 0 Å². The Morgan fingerprint density at radius 1 is 1.44 bits per heavy atom. The van der Waals surface area contributed by atoms with Crippen molar-refractivity contribution in [1.82, 2.24) is 0 Å². The summed E-state index contributed by atoms with van der Waals surface area (Å²) in [4.78, 5) is 0. The van der Waals surface area contributed by atoms with Crippen LogP contribution in [0.1, 0.15) is 31.6 Å². The van der Waals surface area contributed by atoms with E-state index in [1.807, 2.05) is 0 Å². The Bertz CT molecular complexity index is 484. The lowest BCUT2D eigenvalue weighted by molar-refractivity contribution is -0.209. The van der Waals surface area contributed by atoms with Crippen molar-refractivity contribution in [3.05, 3.63) is 29.7 Å². The molecule has 0 aliphatic heterocycles. The second kappa shape index (κ2) is 4.93. The van der Waals surface area contributed by atoms with Crippen LogP contribution >= 0.6 is 0 Å². The highest BCUT2D eigenvalue weighted by Crippen LogP contribution is 2.44. The summed E-state index contributed by atoms with van der Waals surface area (Å²) in [5.41, 5.74) is -0.689. The fourth-order valence-electron chi connectivity index (χ4n) is 1.58. The number of hydrogen-bond donors (Lipinski definition) is 0. The molecule has 0 aliphatic carbocycles. The van der Waals surface area contributed by atoms with Crippen molar-refractivity contribution in [2.45, 2.75) is 33.4 Å². The summed E-state index contributed by atoms with van der Waals surface area (Å²) in [6, 6.07) is 1.69. The van der Waals surface area contributed by atoms with Crippen LogP contribution in [0.2, 0.25) is 0 Å². The van der Waals surface area contributed by atoms with Crippen LogP contribution in [0.15, 0.2) is 22.8 Å². The van der Waals surface area contributed by atoms with Gasteiger partial charge in [0, 0.05) is 5.57 Å². The zero-order chi connectivity index (χ0) is 14.0. The molecule has 1 rings (SSSR count). The van der Waals surface area contributed by atoms with Gasteiger partial charge in [0.1, 0.15) is 5.76 Å². The maximum Gasteiger partial charge on any atom is 0.394 e. The summed E-state index contributed by atoms with van der Waals surface area (Å²) in [6.07, 6.45) is 3.43. The highest BCUT2D eigenvalue weighted by Gasteiger charge is 2.47. The average molecular weight is 256 g/mol. The van der Waals surface area contributed by atoms with Crippen molar-refractivity contribution < 1.29 is 17.6 Å². The molecule has 1 aromatic heterocycles. The summed E-state index contributed by atoms with van der Waals surface area (Å²) in [6.45, 7) is 4.06. The van der Waals surface area contributed by atoms with E-state index in [1.165, 1.54) is 12.3 Å². The number of furan rings is 1. The van der Waals surface area contributed by atoms with Gasteiger partial charge >= 0.3 is 6.18 Å². The zero-order valence-corrected chi connectivity index (χ0v) is 10.6. The molecule has 4 heteroatoms. The number of halogens is 3.